The van der Waals surface area contributed by atoms with Gasteiger partial charge in [0.2, 0.25) is 5.91 Å². The zero-order valence-corrected chi connectivity index (χ0v) is 12.8. The quantitative estimate of drug-likeness (QED) is 0.794. The van der Waals surface area contributed by atoms with E-state index in [-0.39, 0.29) is 16.4 Å². The van der Waals surface area contributed by atoms with E-state index in [1.165, 1.54) is 0 Å². The molecule has 0 aromatic heterocycles. The molecule has 1 heterocycles. The van der Waals surface area contributed by atoms with Crippen molar-refractivity contribution in [1.29, 1.82) is 0 Å². The Balaban J connectivity index is 1.87. The minimum absolute atomic E-state index is 0.102. The van der Waals surface area contributed by atoms with E-state index < -0.39 is 9.84 Å². The van der Waals surface area contributed by atoms with Gasteiger partial charge in [-0.05, 0) is 18.8 Å². The molecule has 19 heavy (non-hydrogen) atoms. The molecule has 0 spiro atoms. The van der Waals surface area contributed by atoms with Gasteiger partial charge in [-0.2, -0.15) is 0 Å². The van der Waals surface area contributed by atoms with Crippen molar-refractivity contribution in [3.8, 4) is 0 Å². The first-order chi connectivity index (χ1) is 8.91. The molecule has 0 atom stereocenters. The second-order valence-electron chi connectivity index (χ2n) is 6.37. The van der Waals surface area contributed by atoms with Crippen LogP contribution in [-0.4, -0.2) is 42.8 Å². The summed E-state index contributed by atoms with van der Waals surface area (Å²) in [6.45, 7) is 4.86. The van der Waals surface area contributed by atoms with Crippen LogP contribution >= 0.6 is 0 Å². The van der Waals surface area contributed by atoms with Crippen LogP contribution in [0.1, 0.15) is 52.4 Å². The summed E-state index contributed by atoms with van der Waals surface area (Å²) < 4.78 is 24.8. The summed E-state index contributed by atoms with van der Waals surface area (Å²) in [5.41, 5.74) is 0. The van der Waals surface area contributed by atoms with E-state index in [1.54, 1.807) is 4.90 Å². The molecule has 0 radical (unpaired) electrons. The molecule has 0 aromatic carbocycles. The Bertz CT molecular complexity index is 418. The van der Waals surface area contributed by atoms with Crippen LogP contribution in [0.3, 0.4) is 0 Å². The molecule has 0 aromatic rings. The first-order valence-electron chi connectivity index (χ1n) is 7.41. The van der Waals surface area contributed by atoms with Crippen molar-refractivity contribution < 1.29 is 13.2 Å². The van der Waals surface area contributed by atoms with Crippen LogP contribution in [0, 0.1) is 5.92 Å². The summed E-state index contributed by atoms with van der Waals surface area (Å²) >= 11 is 0. The van der Waals surface area contributed by atoms with Crippen molar-refractivity contribution in [2.24, 2.45) is 5.92 Å². The van der Waals surface area contributed by atoms with Gasteiger partial charge in [0, 0.05) is 19.5 Å². The molecule has 2 fully saturated rings. The molecule has 2 aliphatic rings. The molecule has 1 amide bonds. The highest BCUT2D eigenvalue weighted by atomic mass is 32.2. The second kappa shape index (κ2) is 5.81. The van der Waals surface area contributed by atoms with Gasteiger partial charge < -0.3 is 4.90 Å². The van der Waals surface area contributed by atoms with E-state index in [1.807, 2.05) is 13.8 Å². The molecule has 0 unspecified atom stereocenters. The highest BCUT2D eigenvalue weighted by Crippen LogP contribution is 2.30. The molecule has 110 valence electrons. The van der Waals surface area contributed by atoms with Gasteiger partial charge in [-0.3, -0.25) is 4.79 Å². The van der Waals surface area contributed by atoms with Gasteiger partial charge in [0.15, 0.2) is 9.84 Å². The fraction of sp³-hybridized carbons (Fsp3) is 0.929. The SMILES string of the molecule is CC(C)CC(=O)N1CC(S(=O)(=O)C2CCCCC2)C1. The predicted molar refractivity (Wildman–Crippen MR) is 75.6 cm³/mol. The standard InChI is InChI=1S/C14H25NO3S/c1-11(2)8-14(16)15-9-13(10-15)19(17,18)12-6-4-3-5-7-12/h11-13H,3-10H2,1-2H3. The molecule has 5 heteroatoms. The molecule has 4 nitrogen and oxygen atoms in total. The zero-order valence-electron chi connectivity index (χ0n) is 12.0. The smallest absolute Gasteiger partial charge is 0.222 e. The van der Waals surface area contributed by atoms with Crippen molar-refractivity contribution in [2.45, 2.75) is 62.9 Å². The van der Waals surface area contributed by atoms with Crippen LogP contribution in [0.25, 0.3) is 0 Å². The Hall–Kier alpha value is -0.580. The average molecular weight is 287 g/mol. The normalized spacial score (nSPS) is 22.6. The summed E-state index contributed by atoms with van der Waals surface area (Å²) in [4.78, 5) is 13.5. The lowest BCUT2D eigenvalue weighted by Crippen LogP contribution is -2.58. The largest absolute Gasteiger partial charge is 0.340 e. The van der Waals surface area contributed by atoms with E-state index >= 15 is 0 Å². The maximum absolute atomic E-state index is 12.4. The number of carbonyl (C=O) groups is 1. The van der Waals surface area contributed by atoms with Crippen LogP contribution in [-0.2, 0) is 14.6 Å². The van der Waals surface area contributed by atoms with Crippen LogP contribution in [0.2, 0.25) is 0 Å². The third-order valence-corrected chi connectivity index (χ3v) is 6.89. The van der Waals surface area contributed by atoms with E-state index in [0.717, 1.165) is 32.1 Å². The lowest BCUT2D eigenvalue weighted by Gasteiger charge is -2.41. The minimum Gasteiger partial charge on any atom is -0.340 e. The molecule has 0 bridgehead atoms. The van der Waals surface area contributed by atoms with Crippen LogP contribution < -0.4 is 0 Å². The third-order valence-electron chi connectivity index (χ3n) is 4.27. The van der Waals surface area contributed by atoms with Crippen molar-refractivity contribution >= 4 is 15.7 Å². The number of rotatable bonds is 4. The van der Waals surface area contributed by atoms with Gasteiger partial charge >= 0.3 is 0 Å². The third kappa shape index (κ3) is 3.30. The average Bonchev–Trinajstić information content (AvgIpc) is 2.26. The Morgan fingerprint density at radius 1 is 1.11 bits per heavy atom. The monoisotopic (exact) mass is 287 g/mol. The van der Waals surface area contributed by atoms with Crippen molar-refractivity contribution in [3.63, 3.8) is 0 Å². The van der Waals surface area contributed by atoms with Gasteiger partial charge in [0.05, 0.1) is 10.5 Å². The molecule has 2 rings (SSSR count). The first-order valence-corrected chi connectivity index (χ1v) is 9.02. The molecular formula is C14H25NO3S. The minimum atomic E-state index is -3.01. The van der Waals surface area contributed by atoms with Crippen LogP contribution in [0.15, 0.2) is 0 Å². The summed E-state index contributed by atoms with van der Waals surface area (Å²) in [5.74, 6) is 0.437. The summed E-state index contributed by atoms with van der Waals surface area (Å²) in [7, 11) is -3.01. The Kier molecular flexibility index (Phi) is 4.54. The van der Waals surface area contributed by atoms with Gasteiger partial charge in [0.25, 0.3) is 0 Å². The highest BCUT2D eigenvalue weighted by Gasteiger charge is 2.43. The number of sulfone groups is 1. The summed E-state index contributed by atoms with van der Waals surface area (Å²) in [6.07, 6.45) is 5.39. The van der Waals surface area contributed by atoms with E-state index in [4.69, 9.17) is 0 Å². The fourth-order valence-corrected chi connectivity index (χ4v) is 5.30. The number of likely N-dealkylation sites (tertiary alicyclic amines) is 1. The number of hydrogen-bond acceptors (Lipinski definition) is 3. The van der Waals surface area contributed by atoms with Gasteiger partial charge in [-0.15, -0.1) is 0 Å². The van der Waals surface area contributed by atoms with Gasteiger partial charge in [0.1, 0.15) is 0 Å². The van der Waals surface area contributed by atoms with Crippen molar-refractivity contribution in [3.05, 3.63) is 0 Å². The lowest BCUT2D eigenvalue weighted by atomic mass is 10.0. The van der Waals surface area contributed by atoms with Crippen molar-refractivity contribution in [2.75, 3.05) is 13.1 Å². The topological polar surface area (TPSA) is 54.5 Å². The fourth-order valence-electron chi connectivity index (χ4n) is 2.99. The summed E-state index contributed by atoms with van der Waals surface area (Å²) in [6, 6.07) is 0. The molecule has 1 aliphatic carbocycles. The second-order valence-corrected chi connectivity index (χ2v) is 8.88. The summed E-state index contributed by atoms with van der Waals surface area (Å²) in [5, 5.41) is -0.444. The predicted octanol–water partition coefficient (Wildman–Crippen LogP) is 1.99. The first kappa shape index (κ1) is 14.8. The molecule has 1 saturated carbocycles. The molecular weight excluding hydrogens is 262 g/mol. The maximum Gasteiger partial charge on any atom is 0.222 e. The highest BCUT2D eigenvalue weighted by molar-refractivity contribution is 7.92. The van der Waals surface area contributed by atoms with Gasteiger partial charge in [-0.25, -0.2) is 8.42 Å². The molecule has 1 aliphatic heterocycles. The Morgan fingerprint density at radius 3 is 2.21 bits per heavy atom. The Morgan fingerprint density at radius 2 is 1.68 bits per heavy atom. The zero-order chi connectivity index (χ0) is 14.0. The van der Waals surface area contributed by atoms with Crippen molar-refractivity contribution in [1.82, 2.24) is 4.90 Å². The van der Waals surface area contributed by atoms with Crippen LogP contribution in [0.5, 0.6) is 0 Å². The number of carbonyl (C=O) groups excluding carboxylic acids is 1. The maximum atomic E-state index is 12.4. The van der Waals surface area contributed by atoms with E-state index in [9.17, 15) is 13.2 Å². The molecule has 1 saturated heterocycles. The number of hydrogen-bond donors (Lipinski definition) is 0. The lowest BCUT2D eigenvalue weighted by molar-refractivity contribution is -0.135. The van der Waals surface area contributed by atoms with E-state index in [2.05, 4.69) is 0 Å². The number of amides is 1. The van der Waals surface area contributed by atoms with Gasteiger partial charge in [-0.1, -0.05) is 33.1 Å². The molecule has 0 N–H and O–H groups in total. The Labute approximate surface area is 116 Å². The number of nitrogens with zero attached hydrogens (tertiary/aromatic N) is 1. The van der Waals surface area contributed by atoms with E-state index in [0.29, 0.717) is 25.4 Å². The van der Waals surface area contributed by atoms with Crippen LogP contribution in [0.4, 0.5) is 0 Å².